The number of aromatic nitrogens is 2. The molecule has 0 bridgehead atoms. The van der Waals surface area contributed by atoms with Crippen LogP contribution in [0.15, 0.2) is 49.1 Å². The van der Waals surface area contributed by atoms with Gasteiger partial charge in [0.05, 0.1) is 6.33 Å². The summed E-state index contributed by atoms with van der Waals surface area (Å²) in [7, 11) is 0. The van der Waals surface area contributed by atoms with Gasteiger partial charge in [0.1, 0.15) is 0 Å². The summed E-state index contributed by atoms with van der Waals surface area (Å²) in [5, 5.41) is 0. The number of hydrogen-bond acceptors (Lipinski definition) is 2. The van der Waals surface area contributed by atoms with E-state index in [1.165, 1.54) is 31.5 Å². The third-order valence-corrected chi connectivity index (χ3v) is 3.75. The van der Waals surface area contributed by atoms with Crippen LogP contribution in [0.1, 0.15) is 24.4 Å². The lowest BCUT2D eigenvalue weighted by Gasteiger charge is -2.32. The van der Waals surface area contributed by atoms with E-state index in [4.69, 9.17) is 0 Å². The van der Waals surface area contributed by atoms with Crippen molar-refractivity contribution in [1.82, 2.24) is 14.5 Å². The minimum absolute atomic E-state index is 0.638. The molecule has 1 aliphatic rings. The van der Waals surface area contributed by atoms with E-state index in [2.05, 4.69) is 51.0 Å². The minimum atomic E-state index is 0.638. The Balaban J connectivity index is 1.54. The molecule has 2 aromatic rings. The van der Waals surface area contributed by atoms with Crippen molar-refractivity contribution in [3.05, 3.63) is 54.6 Å². The summed E-state index contributed by atoms with van der Waals surface area (Å²) in [6.45, 7) is 3.44. The number of rotatable bonds is 3. The monoisotopic (exact) mass is 241 g/mol. The quantitative estimate of drug-likeness (QED) is 0.824. The van der Waals surface area contributed by atoms with Crippen LogP contribution >= 0.6 is 0 Å². The van der Waals surface area contributed by atoms with Crippen molar-refractivity contribution >= 4 is 0 Å². The molecule has 2 heterocycles. The summed E-state index contributed by atoms with van der Waals surface area (Å²) in [5.41, 5.74) is 1.42. The van der Waals surface area contributed by atoms with Gasteiger partial charge < -0.3 is 4.57 Å². The van der Waals surface area contributed by atoms with Crippen LogP contribution in [0.25, 0.3) is 0 Å². The Kier molecular flexibility index (Phi) is 3.42. The second-order valence-electron chi connectivity index (χ2n) is 5.00. The van der Waals surface area contributed by atoms with Gasteiger partial charge in [0.25, 0.3) is 0 Å². The fraction of sp³-hybridized carbons (Fsp3) is 0.400. The van der Waals surface area contributed by atoms with E-state index in [0.717, 1.165) is 6.54 Å². The molecule has 94 valence electrons. The number of nitrogens with zero attached hydrogens (tertiary/aromatic N) is 3. The zero-order valence-corrected chi connectivity index (χ0v) is 10.6. The molecular weight excluding hydrogens is 222 g/mol. The highest BCUT2D eigenvalue weighted by Gasteiger charge is 2.19. The Hall–Kier alpha value is -1.61. The van der Waals surface area contributed by atoms with Crippen molar-refractivity contribution in [3.8, 4) is 0 Å². The smallest absolute Gasteiger partial charge is 0.0948 e. The molecule has 1 aliphatic heterocycles. The van der Waals surface area contributed by atoms with Crippen molar-refractivity contribution < 1.29 is 0 Å². The summed E-state index contributed by atoms with van der Waals surface area (Å²) in [6.07, 6.45) is 8.35. The minimum Gasteiger partial charge on any atom is -0.334 e. The van der Waals surface area contributed by atoms with Crippen molar-refractivity contribution in [1.29, 1.82) is 0 Å². The van der Waals surface area contributed by atoms with E-state index in [1.54, 1.807) is 0 Å². The fourth-order valence-corrected chi connectivity index (χ4v) is 2.70. The lowest BCUT2D eigenvalue weighted by atomic mass is 10.0. The van der Waals surface area contributed by atoms with Crippen LogP contribution in [0.2, 0.25) is 0 Å². The first-order valence-electron chi connectivity index (χ1n) is 6.65. The third kappa shape index (κ3) is 2.62. The molecule has 0 saturated carbocycles. The molecule has 0 spiro atoms. The van der Waals surface area contributed by atoms with Gasteiger partial charge in [0.2, 0.25) is 0 Å². The highest BCUT2D eigenvalue weighted by molar-refractivity contribution is 5.14. The van der Waals surface area contributed by atoms with Gasteiger partial charge in [-0.3, -0.25) is 4.90 Å². The molecule has 1 aromatic carbocycles. The molecule has 3 heteroatoms. The first kappa shape index (κ1) is 11.5. The normalized spacial score (nSPS) is 18.0. The molecule has 1 fully saturated rings. The summed E-state index contributed by atoms with van der Waals surface area (Å²) in [5.74, 6) is 0. The van der Waals surface area contributed by atoms with Crippen LogP contribution in [0, 0.1) is 0 Å². The van der Waals surface area contributed by atoms with E-state index in [9.17, 15) is 0 Å². The van der Waals surface area contributed by atoms with E-state index in [0.29, 0.717) is 6.04 Å². The molecular formula is C15H19N3. The molecule has 0 amide bonds. The molecule has 0 unspecified atom stereocenters. The Morgan fingerprint density at radius 3 is 2.56 bits per heavy atom. The van der Waals surface area contributed by atoms with Gasteiger partial charge in [-0.2, -0.15) is 0 Å². The first-order chi connectivity index (χ1) is 8.92. The molecule has 3 rings (SSSR count). The van der Waals surface area contributed by atoms with Crippen LogP contribution in [0.3, 0.4) is 0 Å². The van der Waals surface area contributed by atoms with Crippen molar-refractivity contribution in [2.24, 2.45) is 0 Å². The van der Waals surface area contributed by atoms with Gasteiger partial charge in [-0.05, 0) is 18.4 Å². The van der Waals surface area contributed by atoms with Gasteiger partial charge in [-0.25, -0.2) is 4.98 Å². The van der Waals surface area contributed by atoms with E-state index in [1.807, 2.05) is 12.5 Å². The molecule has 0 radical (unpaired) electrons. The maximum Gasteiger partial charge on any atom is 0.0948 e. The molecule has 0 N–H and O–H groups in total. The number of piperidine rings is 1. The SMILES string of the molecule is c1ccc(CN2CCC(n3ccnc3)CC2)cc1. The molecule has 0 atom stereocenters. The van der Waals surface area contributed by atoms with Gasteiger partial charge >= 0.3 is 0 Å². The zero-order chi connectivity index (χ0) is 12.2. The molecule has 0 aliphatic carbocycles. The summed E-state index contributed by atoms with van der Waals surface area (Å²) in [4.78, 5) is 6.68. The van der Waals surface area contributed by atoms with Gasteiger partial charge in [0.15, 0.2) is 0 Å². The van der Waals surface area contributed by atoms with Crippen molar-refractivity contribution in [3.63, 3.8) is 0 Å². The topological polar surface area (TPSA) is 21.1 Å². The van der Waals surface area contributed by atoms with Crippen molar-refractivity contribution in [2.45, 2.75) is 25.4 Å². The Labute approximate surface area is 108 Å². The van der Waals surface area contributed by atoms with Crippen molar-refractivity contribution in [2.75, 3.05) is 13.1 Å². The molecule has 1 saturated heterocycles. The van der Waals surface area contributed by atoms with Crippen LogP contribution in [0.4, 0.5) is 0 Å². The number of benzene rings is 1. The highest BCUT2D eigenvalue weighted by atomic mass is 15.2. The highest BCUT2D eigenvalue weighted by Crippen LogP contribution is 2.23. The summed E-state index contributed by atoms with van der Waals surface area (Å²) in [6, 6.07) is 11.4. The van der Waals surface area contributed by atoms with Crippen LogP contribution in [-0.4, -0.2) is 27.5 Å². The lowest BCUT2D eigenvalue weighted by molar-refractivity contribution is 0.179. The van der Waals surface area contributed by atoms with Crippen LogP contribution < -0.4 is 0 Å². The summed E-state index contributed by atoms with van der Waals surface area (Å²) < 4.78 is 2.25. The third-order valence-electron chi connectivity index (χ3n) is 3.75. The molecule has 3 nitrogen and oxygen atoms in total. The molecule has 1 aromatic heterocycles. The zero-order valence-electron chi connectivity index (χ0n) is 10.6. The first-order valence-corrected chi connectivity index (χ1v) is 6.65. The summed E-state index contributed by atoms with van der Waals surface area (Å²) >= 11 is 0. The predicted octanol–water partition coefficient (Wildman–Crippen LogP) is 2.72. The van der Waals surface area contributed by atoms with Gasteiger partial charge in [-0.1, -0.05) is 30.3 Å². The van der Waals surface area contributed by atoms with E-state index >= 15 is 0 Å². The fourth-order valence-electron chi connectivity index (χ4n) is 2.70. The predicted molar refractivity (Wildman–Crippen MR) is 72.2 cm³/mol. The maximum absolute atomic E-state index is 4.13. The van der Waals surface area contributed by atoms with E-state index in [-0.39, 0.29) is 0 Å². The standard InChI is InChI=1S/C15H19N3/c1-2-4-14(5-3-1)12-17-9-6-15(7-10-17)18-11-8-16-13-18/h1-5,8,11,13,15H,6-7,9-10,12H2. The maximum atomic E-state index is 4.13. The largest absolute Gasteiger partial charge is 0.334 e. The number of likely N-dealkylation sites (tertiary alicyclic amines) is 1. The lowest BCUT2D eigenvalue weighted by Crippen LogP contribution is -2.33. The molecule has 18 heavy (non-hydrogen) atoms. The Bertz CT molecular complexity index is 456. The number of imidazole rings is 1. The van der Waals surface area contributed by atoms with Crippen LogP contribution in [0.5, 0.6) is 0 Å². The Morgan fingerprint density at radius 2 is 1.89 bits per heavy atom. The average Bonchev–Trinajstić information content (AvgIpc) is 2.95. The second kappa shape index (κ2) is 5.36. The Morgan fingerprint density at radius 1 is 1.11 bits per heavy atom. The van der Waals surface area contributed by atoms with E-state index < -0.39 is 0 Å². The van der Waals surface area contributed by atoms with Crippen LogP contribution in [-0.2, 0) is 6.54 Å². The second-order valence-corrected chi connectivity index (χ2v) is 5.00. The van der Waals surface area contributed by atoms with Gasteiger partial charge in [0, 0.05) is 38.1 Å². The average molecular weight is 241 g/mol. The number of hydrogen-bond donors (Lipinski definition) is 0. The van der Waals surface area contributed by atoms with Gasteiger partial charge in [-0.15, -0.1) is 0 Å².